The second kappa shape index (κ2) is 3.58. The van der Waals surface area contributed by atoms with Crippen LogP contribution < -0.4 is 0 Å². The molecule has 0 saturated carbocycles. The molecular formula is C8H7FO2S. The average Bonchev–Trinajstić information content (AvgIpc) is 2.09. The molecule has 1 aromatic carbocycles. The van der Waals surface area contributed by atoms with E-state index in [1.165, 1.54) is 17.8 Å². The summed E-state index contributed by atoms with van der Waals surface area (Å²) in [6.45, 7) is 0. The Labute approximate surface area is 73.4 Å². The Bertz CT molecular complexity index is 312. The van der Waals surface area contributed by atoms with Crippen molar-refractivity contribution < 1.29 is 14.3 Å². The molecule has 1 aromatic rings. The molecule has 0 aliphatic carbocycles. The summed E-state index contributed by atoms with van der Waals surface area (Å²) in [4.78, 5) is 11.0. The lowest BCUT2D eigenvalue weighted by atomic mass is 10.2. The van der Waals surface area contributed by atoms with Gasteiger partial charge in [0.2, 0.25) is 0 Å². The number of aldehydes is 1. The normalized spacial score (nSPS) is 9.83. The Hall–Kier alpha value is -1.03. The van der Waals surface area contributed by atoms with Crippen molar-refractivity contribution in [2.24, 2.45) is 0 Å². The van der Waals surface area contributed by atoms with Gasteiger partial charge in [-0.25, -0.2) is 4.39 Å². The zero-order valence-corrected chi connectivity index (χ0v) is 7.19. The van der Waals surface area contributed by atoms with Gasteiger partial charge in [-0.3, -0.25) is 4.79 Å². The van der Waals surface area contributed by atoms with E-state index in [1.807, 2.05) is 0 Å². The number of benzene rings is 1. The zero-order chi connectivity index (χ0) is 9.14. The molecule has 2 nitrogen and oxygen atoms in total. The lowest BCUT2D eigenvalue weighted by molar-refractivity contribution is 0.111. The van der Waals surface area contributed by atoms with Gasteiger partial charge in [-0.2, -0.15) is 0 Å². The Balaban J connectivity index is 3.35. The van der Waals surface area contributed by atoms with Gasteiger partial charge in [-0.05, 0) is 18.4 Å². The van der Waals surface area contributed by atoms with E-state index in [0.29, 0.717) is 11.2 Å². The smallest absolute Gasteiger partial charge is 0.165 e. The van der Waals surface area contributed by atoms with E-state index in [0.717, 1.165) is 6.07 Å². The minimum atomic E-state index is -0.769. The molecule has 4 heteroatoms. The van der Waals surface area contributed by atoms with Crippen molar-refractivity contribution in [3.63, 3.8) is 0 Å². The maximum absolute atomic E-state index is 12.7. The van der Waals surface area contributed by atoms with Crippen LogP contribution >= 0.6 is 11.8 Å². The van der Waals surface area contributed by atoms with Gasteiger partial charge in [-0.1, -0.05) is 0 Å². The Kier molecular flexibility index (Phi) is 2.70. The number of carbonyl (C=O) groups excluding carboxylic acids is 1. The number of halogens is 1. The fourth-order valence-corrected chi connectivity index (χ4v) is 1.42. The van der Waals surface area contributed by atoms with Crippen molar-refractivity contribution >= 4 is 18.0 Å². The summed E-state index contributed by atoms with van der Waals surface area (Å²) in [5.74, 6) is -1.34. The molecular weight excluding hydrogens is 179 g/mol. The van der Waals surface area contributed by atoms with Crippen LogP contribution in [0, 0.1) is 5.82 Å². The van der Waals surface area contributed by atoms with E-state index in [4.69, 9.17) is 5.11 Å². The van der Waals surface area contributed by atoms with Gasteiger partial charge in [-0.15, -0.1) is 11.8 Å². The maximum Gasteiger partial charge on any atom is 0.165 e. The first-order valence-corrected chi connectivity index (χ1v) is 4.43. The Morgan fingerprint density at radius 2 is 2.25 bits per heavy atom. The van der Waals surface area contributed by atoms with E-state index in [-0.39, 0.29) is 5.56 Å². The van der Waals surface area contributed by atoms with Gasteiger partial charge in [0.25, 0.3) is 0 Å². The summed E-state index contributed by atoms with van der Waals surface area (Å²) in [6, 6.07) is 2.59. The highest BCUT2D eigenvalue weighted by Gasteiger charge is 2.10. The largest absolute Gasteiger partial charge is 0.504 e. The van der Waals surface area contributed by atoms with Crippen molar-refractivity contribution in [2.45, 2.75) is 4.90 Å². The van der Waals surface area contributed by atoms with Crippen LogP contribution in [-0.4, -0.2) is 17.6 Å². The van der Waals surface area contributed by atoms with Crippen LogP contribution in [0.25, 0.3) is 0 Å². The van der Waals surface area contributed by atoms with Gasteiger partial charge >= 0.3 is 0 Å². The first kappa shape index (κ1) is 9.06. The van der Waals surface area contributed by atoms with Crippen LogP contribution in [0.5, 0.6) is 5.75 Å². The monoisotopic (exact) mass is 186 g/mol. The number of phenolic OH excluding ortho intramolecular Hbond substituents is 1. The molecule has 0 atom stereocenters. The standard InChI is InChI=1S/C8H7FO2S/c1-12-7-3-2-6(9)8(11)5(7)4-10/h2-4,11H,1H3. The second-order valence-electron chi connectivity index (χ2n) is 2.13. The van der Waals surface area contributed by atoms with Crippen LogP contribution in [0.1, 0.15) is 10.4 Å². The summed E-state index contributed by atoms with van der Waals surface area (Å²) in [6.07, 6.45) is 2.20. The molecule has 0 aromatic heterocycles. The SMILES string of the molecule is CSc1ccc(F)c(O)c1C=O. The number of carbonyl (C=O) groups is 1. The number of hydrogen-bond acceptors (Lipinski definition) is 3. The van der Waals surface area contributed by atoms with Crippen LogP contribution in [0.3, 0.4) is 0 Å². The van der Waals surface area contributed by atoms with Crippen molar-refractivity contribution in [3.05, 3.63) is 23.5 Å². The van der Waals surface area contributed by atoms with E-state index in [2.05, 4.69) is 0 Å². The lowest BCUT2D eigenvalue weighted by Gasteiger charge is -2.03. The third kappa shape index (κ3) is 1.43. The Morgan fingerprint density at radius 1 is 1.58 bits per heavy atom. The van der Waals surface area contributed by atoms with E-state index in [9.17, 15) is 9.18 Å². The lowest BCUT2D eigenvalue weighted by Crippen LogP contribution is -1.88. The number of phenols is 1. The highest BCUT2D eigenvalue weighted by atomic mass is 32.2. The van der Waals surface area contributed by atoms with Crippen molar-refractivity contribution in [2.75, 3.05) is 6.26 Å². The highest BCUT2D eigenvalue weighted by molar-refractivity contribution is 7.98. The maximum atomic E-state index is 12.7. The van der Waals surface area contributed by atoms with Crippen LogP contribution in [0.15, 0.2) is 17.0 Å². The van der Waals surface area contributed by atoms with E-state index in [1.54, 1.807) is 6.26 Å². The molecule has 0 aliphatic heterocycles. The zero-order valence-electron chi connectivity index (χ0n) is 6.37. The molecule has 0 saturated heterocycles. The summed E-state index contributed by atoms with van der Waals surface area (Å²) in [5, 5.41) is 9.09. The minimum absolute atomic E-state index is 0.0162. The first-order valence-electron chi connectivity index (χ1n) is 3.21. The molecule has 0 unspecified atom stereocenters. The predicted octanol–water partition coefficient (Wildman–Crippen LogP) is 2.07. The molecule has 0 radical (unpaired) electrons. The third-order valence-electron chi connectivity index (χ3n) is 1.47. The molecule has 12 heavy (non-hydrogen) atoms. The Morgan fingerprint density at radius 3 is 2.75 bits per heavy atom. The van der Waals surface area contributed by atoms with Crippen LogP contribution in [0.4, 0.5) is 4.39 Å². The molecule has 0 bridgehead atoms. The van der Waals surface area contributed by atoms with Gasteiger partial charge in [0.15, 0.2) is 17.9 Å². The predicted molar refractivity (Wildman–Crippen MR) is 45.2 cm³/mol. The number of hydrogen-bond donors (Lipinski definition) is 1. The van der Waals surface area contributed by atoms with Crippen molar-refractivity contribution in [1.29, 1.82) is 0 Å². The van der Waals surface area contributed by atoms with Gasteiger partial charge in [0.05, 0.1) is 5.56 Å². The summed E-state index contributed by atoms with van der Waals surface area (Å²) < 4.78 is 12.7. The van der Waals surface area contributed by atoms with Crippen LogP contribution in [-0.2, 0) is 0 Å². The molecule has 64 valence electrons. The second-order valence-corrected chi connectivity index (χ2v) is 2.98. The van der Waals surface area contributed by atoms with E-state index < -0.39 is 11.6 Å². The molecule has 0 fully saturated rings. The van der Waals surface area contributed by atoms with Crippen LogP contribution in [0.2, 0.25) is 0 Å². The van der Waals surface area contributed by atoms with E-state index >= 15 is 0 Å². The van der Waals surface area contributed by atoms with Crippen molar-refractivity contribution in [1.82, 2.24) is 0 Å². The number of rotatable bonds is 2. The molecule has 1 rings (SSSR count). The third-order valence-corrected chi connectivity index (χ3v) is 2.26. The molecule has 1 N–H and O–H groups in total. The average molecular weight is 186 g/mol. The topological polar surface area (TPSA) is 37.3 Å². The molecule has 0 aliphatic rings. The van der Waals surface area contributed by atoms with Crippen molar-refractivity contribution in [3.8, 4) is 5.75 Å². The molecule has 0 spiro atoms. The minimum Gasteiger partial charge on any atom is -0.504 e. The fourth-order valence-electron chi connectivity index (χ4n) is 0.855. The van der Waals surface area contributed by atoms with Gasteiger partial charge in [0.1, 0.15) is 0 Å². The fraction of sp³-hybridized carbons (Fsp3) is 0.125. The van der Waals surface area contributed by atoms with Gasteiger partial charge < -0.3 is 5.11 Å². The first-order chi connectivity index (χ1) is 5.70. The van der Waals surface area contributed by atoms with Gasteiger partial charge in [0, 0.05) is 4.90 Å². The summed E-state index contributed by atoms with van der Waals surface area (Å²) in [7, 11) is 0. The summed E-state index contributed by atoms with van der Waals surface area (Å²) >= 11 is 1.28. The number of thioether (sulfide) groups is 1. The quantitative estimate of drug-likeness (QED) is 0.567. The molecule has 0 amide bonds. The highest BCUT2D eigenvalue weighted by Crippen LogP contribution is 2.28. The number of aromatic hydroxyl groups is 1. The molecule has 0 heterocycles. The summed E-state index contributed by atoms with van der Waals surface area (Å²) in [5.41, 5.74) is 0.0162.